The lowest BCUT2D eigenvalue weighted by atomic mass is 9.93. The maximum atomic E-state index is 12.7. The number of H-pyrrole nitrogens is 1. The molecule has 0 spiro atoms. The van der Waals surface area contributed by atoms with Crippen molar-refractivity contribution in [2.24, 2.45) is 0 Å². The van der Waals surface area contributed by atoms with Crippen molar-refractivity contribution >= 4 is 38.2 Å². The van der Waals surface area contributed by atoms with Crippen LogP contribution in [0.15, 0.2) is 35.5 Å². The molecule has 0 aliphatic heterocycles. The lowest BCUT2D eigenvalue weighted by Gasteiger charge is -2.26. The van der Waals surface area contributed by atoms with E-state index in [4.69, 9.17) is 11.6 Å². The number of aromatic amines is 1. The summed E-state index contributed by atoms with van der Waals surface area (Å²) in [5, 5.41) is 5.21. The number of aryl methyl sites for hydroxylation is 1. The maximum absolute atomic E-state index is 12.7. The number of anilines is 1. The van der Waals surface area contributed by atoms with E-state index in [0.29, 0.717) is 16.2 Å². The Kier molecular flexibility index (Phi) is 3.58. The first kappa shape index (κ1) is 15.5. The molecule has 1 aliphatic carbocycles. The lowest BCUT2D eigenvalue weighted by molar-refractivity contribution is 0.290. The molecule has 8 heteroatoms. The molecule has 1 fully saturated rings. The van der Waals surface area contributed by atoms with Gasteiger partial charge in [0.2, 0.25) is 0 Å². The van der Waals surface area contributed by atoms with Crippen molar-refractivity contribution < 1.29 is 8.42 Å². The van der Waals surface area contributed by atoms with Crippen LogP contribution >= 0.6 is 11.6 Å². The van der Waals surface area contributed by atoms with Crippen LogP contribution in [0.3, 0.4) is 0 Å². The van der Waals surface area contributed by atoms with Crippen LogP contribution in [0.4, 0.5) is 5.69 Å². The van der Waals surface area contributed by atoms with E-state index >= 15 is 0 Å². The molecule has 0 atom stereocenters. The average molecular weight is 365 g/mol. The van der Waals surface area contributed by atoms with E-state index in [1.807, 2.05) is 19.1 Å². The Hall–Kier alpha value is -1.99. The van der Waals surface area contributed by atoms with Gasteiger partial charge in [-0.3, -0.25) is 4.72 Å². The Labute approximate surface area is 144 Å². The first-order valence-corrected chi connectivity index (χ1v) is 9.65. The van der Waals surface area contributed by atoms with E-state index in [-0.39, 0.29) is 10.9 Å². The monoisotopic (exact) mass is 364 g/mol. The zero-order chi connectivity index (χ0) is 16.9. The lowest BCUT2D eigenvalue weighted by Crippen LogP contribution is -2.18. The van der Waals surface area contributed by atoms with Crippen molar-refractivity contribution in [1.29, 1.82) is 0 Å². The van der Waals surface area contributed by atoms with Gasteiger partial charge in [0, 0.05) is 17.1 Å². The van der Waals surface area contributed by atoms with Crippen LogP contribution < -0.4 is 4.72 Å². The Morgan fingerprint density at radius 2 is 2.17 bits per heavy atom. The molecule has 2 aromatic heterocycles. The first-order chi connectivity index (χ1) is 11.5. The van der Waals surface area contributed by atoms with Crippen LogP contribution in [0.2, 0.25) is 5.15 Å². The third-order valence-corrected chi connectivity index (χ3v) is 6.27. The van der Waals surface area contributed by atoms with Gasteiger partial charge in [-0.15, -0.1) is 0 Å². The second-order valence-electron chi connectivity index (χ2n) is 6.19. The summed E-state index contributed by atoms with van der Waals surface area (Å²) in [6.45, 7) is 1.96. The minimum absolute atomic E-state index is 0.199. The third-order valence-electron chi connectivity index (χ3n) is 4.49. The summed E-state index contributed by atoms with van der Waals surface area (Å²) in [5.74, 6) is 0. The second kappa shape index (κ2) is 5.53. The molecule has 24 heavy (non-hydrogen) atoms. The largest absolute Gasteiger partial charge is 0.360 e. The van der Waals surface area contributed by atoms with Gasteiger partial charge in [0.05, 0.1) is 12.2 Å². The van der Waals surface area contributed by atoms with E-state index in [9.17, 15) is 8.42 Å². The number of fused-ring (bicyclic) bond motifs is 1. The fourth-order valence-electron chi connectivity index (χ4n) is 2.94. The molecule has 0 radical (unpaired) electrons. The van der Waals surface area contributed by atoms with Crippen molar-refractivity contribution in [2.75, 3.05) is 4.72 Å². The highest BCUT2D eigenvalue weighted by Crippen LogP contribution is 2.36. The first-order valence-electron chi connectivity index (χ1n) is 7.79. The zero-order valence-corrected chi connectivity index (χ0v) is 14.7. The SMILES string of the molecule is Cc1ccc2c(S(=O)(=O)Nc3cnn(C4CCC4)c3Cl)c[nH]c2c1. The minimum Gasteiger partial charge on any atom is -0.360 e. The number of nitrogens with one attached hydrogen (secondary N) is 2. The molecule has 2 heterocycles. The molecule has 4 rings (SSSR count). The molecule has 1 saturated carbocycles. The highest BCUT2D eigenvalue weighted by Gasteiger charge is 2.26. The highest BCUT2D eigenvalue weighted by atomic mass is 35.5. The van der Waals surface area contributed by atoms with Crippen molar-refractivity contribution in [3.63, 3.8) is 0 Å². The number of sulfonamides is 1. The summed E-state index contributed by atoms with van der Waals surface area (Å²) in [6.07, 6.45) is 6.16. The standard InChI is InChI=1S/C16H17ClN4O2S/c1-10-5-6-12-13(7-10)18-9-15(12)24(22,23)20-14-8-19-21(16(14)17)11-3-2-4-11/h5-9,11,18,20H,2-4H2,1H3. The van der Waals surface area contributed by atoms with Crippen molar-refractivity contribution in [3.05, 3.63) is 41.3 Å². The van der Waals surface area contributed by atoms with E-state index in [1.54, 1.807) is 10.7 Å². The van der Waals surface area contributed by atoms with Gasteiger partial charge in [-0.05, 0) is 37.8 Å². The van der Waals surface area contributed by atoms with Crippen LogP contribution in [0.1, 0.15) is 30.9 Å². The number of halogens is 1. The number of benzene rings is 1. The normalized spacial score (nSPS) is 15.6. The number of nitrogens with zero attached hydrogens (tertiary/aromatic N) is 2. The predicted molar refractivity (Wildman–Crippen MR) is 94.0 cm³/mol. The van der Waals surface area contributed by atoms with E-state index in [2.05, 4.69) is 14.8 Å². The van der Waals surface area contributed by atoms with Gasteiger partial charge in [-0.1, -0.05) is 23.7 Å². The van der Waals surface area contributed by atoms with Crippen LogP contribution in [0.25, 0.3) is 10.9 Å². The molecule has 1 aromatic carbocycles. The van der Waals surface area contributed by atoms with E-state index in [0.717, 1.165) is 30.3 Å². The summed E-state index contributed by atoms with van der Waals surface area (Å²) >= 11 is 6.30. The minimum atomic E-state index is -3.75. The second-order valence-corrected chi connectivity index (χ2v) is 8.19. The topological polar surface area (TPSA) is 79.8 Å². The Bertz CT molecular complexity index is 1020. The van der Waals surface area contributed by atoms with E-state index in [1.165, 1.54) is 12.4 Å². The molecular formula is C16H17ClN4O2S. The summed E-state index contributed by atoms with van der Waals surface area (Å²) < 4.78 is 29.8. The number of rotatable bonds is 4. The Morgan fingerprint density at radius 1 is 1.38 bits per heavy atom. The van der Waals surface area contributed by atoms with Crippen molar-refractivity contribution in [3.8, 4) is 0 Å². The number of hydrogen-bond acceptors (Lipinski definition) is 3. The Morgan fingerprint density at radius 3 is 2.88 bits per heavy atom. The maximum Gasteiger partial charge on any atom is 0.264 e. The van der Waals surface area contributed by atoms with Gasteiger partial charge in [-0.2, -0.15) is 5.10 Å². The van der Waals surface area contributed by atoms with Gasteiger partial charge in [0.1, 0.15) is 10.6 Å². The van der Waals surface area contributed by atoms with Crippen molar-refractivity contribution in [1.82, 2.24) is 14.8 Å². The zero-order valence-electron chi connectivity index (χ0n) is 13.1. The Balaban J connectivity index is 1.69. The summed E-state index contributed by atoms with van der Waals surface area (Å²) in [7, 11) is -3.75. The highest BCUT2D eigenvalue weighted by molar-refractivity contribution is 7.93. The predicted octanol–water partition coefficient (Wildman–Crippen LogP) is 3.85. The fourth-order valence-corrected chi connectivity index (χ4v) is 4.50. The van der Waals surface area contributed by atoms with Gasteiger partial charge in [-0.25, -0.2) is 13.1 Å². The van der Waals surface area contributed by atoms with E-state index < -0.39 is 10.0 Å². The summed E-state index contributed by atoms with van der Waals surface area (Å²) in [4.78, 5) is 3.20. The average Bonchev–Trinajstić information content (AvgIpc) is 3.03. The van der Waals surface area contributed by atoms with Crippen molar-refractivity contribution in [2.45, 2.75) is 37.1 Å². The fraction of sp³-hybridized carbons (Fsp3) is 0.312. The summed E-state index contributed by atoms with van der Waals surface area (Å²) in [5.41, 5.74) is 2.16. The summed E-state index contributed by atoms with van der Waals surface area (Å²) in [6, 6.07) is 5.87. The molecular weight excluding hydrogens is 348 g/mol. The smallest absolute Gasteiger partial charge is 0.264 e. The molecule has 6 nitrogen and oxygen atoms in total. The van der Waals surface area contributed by atoms with Crippen LogP contribution in [-0.2, 0) is 10.0 Å². The van der Waals surface area contributed by atoms with Gasteiger partial charge < -0.3 is 4.98 Å². The quantitative estimate of drug-likeness (QED) is 0.737. The molecule has 0 saturated heterocycles. The van der Waals surface area contributed by atoms with Gasteiger partial charge in [0.15, 0.2) is 5.15 Å². The molecule has 1 aliphatic rings. The molecule has 0 amide bonds. The van der Waals surface area contributed by atoms with Crippen LogP contribution in [0.5, 0.6) is 0 Å². The van der Waals surface area contributed by atoms with Crippen LogP contribution in [-0.4, -0.2) is 23.2 Å². The molecule has 0 unspecified atom stereocenters. The van der Waals surface area contributed by atoms with Crippen LogP contribution in [0, 0.1) is 6.92 Å². The van der Waals surface area contributed by atoms with Gasteiger partial charge >= 0.3 is 0 Å². The third kappa shape index (κ3) is 2.48. The number of aromatic nitrogens is 3. The molecule has 0 bridgehead atoms. The van der Waals surface area contributed by atoms with Gasteiger partial charge in [0.25, 0.3) is 10.0 Å². The molecule has 2 N–H and O–H groups in total. The molecule has 126 valence electrons. The molecule has 3 aromatic rings. The number of hydrogen-bond donors (Lipinski definition) is 2.